The lowest BCUT2D eigenvalue weighted by molar-refractivity contribution is 0.102. The molecule has 3 aromatic rings. The van der Waals surface area contributed by atoms with E-state index in [4.69, 9.17) is 23.2 Å². The van der Waals surface area contributed by atoms with Gasteiger partial charge in [0.2, 0.25) is 0 Å². The van der Waals surface area contributed by atoms with Crippen LogP contribution in [0.15, 0.2) is 42.9 Å². The van der Waals surface area contributed by atoms with E-state index in [1.165, 1.54) is 23.3 Å². The van der Waals surface area contributed by atoms with Gasteiger partial charge in [-0.25, -0.2) is 9.67 Å². The van der Waals surface area contributed by atoms with E-state index >= 15 is 0 Å². The molecule has 0 bridgehead atoms. The third kappa shape index (κ3) is 3.05. The van der Waals surface area contributed by atoms with Crippen molar-refractivity contribution in [2.24, 2.45) is 0 Å². The Hall–Kier alpha value is -2.51. The van der Waals surface area contributed by atoms with Crippen molar-refractivity contribution in [2.45, 2.75) is 0 Å². The molecule has 0 fully saturated rings. The smallest absolute Gasteiger partial charge is 0.256 e. The molecule has 2 heterocycles. The number of benzene rings is 1. The number of pyridine rings is 1. The first kappa shape index (κ1) is 14.4. The number of rotatable bonds is 3. The van der Waals surface area contributed by atoms with Crippen LogP contribution in [0.4, 0.5) is 5.82 Å². The molecule has 1 aromatic carbocycles. The van der Waals surface area contributed by atoms with Gasteiger partial charge in [-0.05, 0) is 28.6 Å². The van der Waals surface area contributed by atoms with Gasteiger partial charge in [0.25, 0.3) is 5.91 Å². The van der Waals surface area contributed by atoms with Crippen molar-refractivity contribution in [3.05, 3.63) is 58.5 Å². The normalized spacial score (nSPS) is 10.5. The molecule has 0 aliphatic rings. The Morgan fingerprint density at radius 1 is 1.18 bits per heavy atom. The molecule has 1 amide bonds. The molecule has 22 heavy (non-hydrogen) atoms. The first-order chi connectivity index (χ1) is 10.6. The van der Waals surface area contributed by atoms with Gasteiger partial charge in [0, 0.05) is 17.8 Å². The zero-order chi connectivity index (χ0) is 15.5. The molecular formula is C13H8Cl2N6O. The van der Waals surface area contributed by atoms with Crippen molar-refractivity contribution >= 4 is 34.9 Å². The van der Waals surface area contributed by atoms with Crippen LogP contribution < -0.4 is 5.32 Å². The fourth-order valence-corrected chi connectivity index (χ4v) is 2.00. The predicted molar refractivity (Wildman–Crippen MR) is 81.4 cm³/mol. The first-order valence-corrected chi connectivity index (χ1v) is 6.85. The van der Waals surface area contributed by atoms with Crippen molar-refractivity contribution in [3.8, 4) is 5.69 Å². The summed E-state index contributed by atoms with van der Waals surface area (Å²) in [6.07, 6.45) is 2.81. The van der Waals surface area contributed by atoms with Crippen LogP contribution in [0.25, 0.3) is 5.69 Å². The number of nitrogens with zero attached hydrogens (tertiary/aromatic N) is 5. The van der Waals surface area contributed by atoms with Gasteiger partial charge in [0.1, 0.15) is 12.1 Å². The van der Waals surface area contributed by atoms with Crippen molar-refractivity contribution in [3.63, 3.8) is 0 Å². The molecular weight excluding hydrogens is 327 g/mol. The Morgan fingerprint density at radius 3 is 2.77 bits per heavy atom. The monoisotopic (exact) mass is 334 g/mol. The third-order valence-electron chi connectivity index (χ3n) is 2.77. The molecule has 0 spiro atoms. The van der Waals surface area contributed by atoms with Gasteiger partial charge in [-0.1, -0.05) is 29.3 Å². The van der Waals surface area contributed by atoms with Crippen LogP contribution in [0.1, 0.15) is 10.4 Å². The second-order valence-corrected chi connectivity index (χ2v) is 5.06. The average Bonchev–Trinajstić information content (AvgIpc) is 3.05. The van der Waals surface area contributed by atoms with Crippen LogP contribution in [0.2, 0.25) is 10.0 Å². The summed E-state index contributed by atoms with van der Waals surface area (Å²) in [5.41, 5.74) is 1.10. The zero-order valence-electron chi connectivity index (χ0n) is 10.9. The largest absolute Gasteiger partial charge is 0.307 e. The molecule has 1 N–H and O–H groups in total. The maximum Gasteiger partial charge on any atom is 0.256 e. The highest BCUT2D eigenvalue weighted by atomic mass is 35.5. The lowest BCUT2D eigenvalue weighted by atomic mass is 10.2. The van der Waals surface area contributed by atoms with Gasteiger partial charge < -0.3 is 5.32 Å². The van der Waals surface area contributed by atoms with Gasteiger partial charge in [-0.15, -0.1) is 5.10 Å². The standard InChI is InChI=1S/C13H8Cl2N6O/c14-10-5-12(16-6-11(10)15)18-13(22)8-2-1-3-9(4-8)21-7-17-19-20-21/h1-7H,(H,16,18,22). The van der Waals surface area contributed by atoms with Crippen LogP contribution in [0.5, 0.6) is 0 Å². The van der Waals surface area contributed by atoms with Gasteiger partial charge >= 0.3 is 0 Å². The van der Waals surface area contributed by atoms with Crippen LogP contribution in [-0.4, -0.2) is 31.1 Å². The summed E-state index contributed by atoms with van der Waals surface area (Å²) in [4.78, 5) is 16.2. The van der Waals surface area contributed by atoms with Crippen molar-refractivity contribution < 1.29 is 4.79 Å². The second-order valence-electron chi connectivity index (χ2n) is 4.24. The number of carbonyl (C=O) groups is 1. The Labute approximate surface area is 134 Å². The summed E-state index contributed by atoms with van der Waals surface area (Å²) in [5, 5.41) is 14.2. The summed E-state index contributed by atoms with van der Waals surface area (Å²) >= 11 is 11.7. The number of tetrazole rings is 1. The topological polar surface area (TPSA) is 85.6 Å². The number of amides is 1. The number of carbonyl (C=O) groups excluding carboxylic acids is 1. The predicted octanol–water partition coefficient (Wildman–Crippen LogP) is 2.62. The summed E-state index contributed by atoms with van der Waals surface area (Å²) in [5.74, 6) is -0.0203. The number of aromatic nitrogens is 5. The summed E-state index contributed by atoms with van der Waals surface area (Å²) in [6, 6.07) is 8.32. The van der Waals surface area contributed by atoms with Crippen LogP contribution in [0, 0.1) is 0 Å². The first-order valence-electron chi connectivity index (χ1n) is 6.09. The van der Waals surface area contributed by atoms with Crippen LogP contribution in [0.3, 0.4) is 0 Å². The lowest BCUT2D eigenvalue weighted by Gasteiger charge is -2.07. The Kier molecular flexibility index (Phi) is 3.99. The fourth-order valence-electron chi connectivity index (χ4n) is 1.74. The maximum atomic E-state index is 12.2. The van der Waals surface area contributed by atoms with E-state index < -0.39 is 0 Å². The van der Waals surface area contributed by atoms with Crippen LogP contribution in [-0.2, 0) is 0 Å². The Morgan fingerprint density at radius 2 is 2.05 bits per heavy atom. The summed E-state index contributed by atoms with van der Waals surface area (Å²) in [6.45, 7) is 0. The quantitative estimate of drug-likeness (QED) is 0.795. The molecule has 110 valence electrons. The Balaban J connectivity index is 1.83. The number of anilines is 1. The van der Waals surface area contributed by atoms with Crippen molar-refractivity contribution in [2.75, 3.05) is 5.32 Å². The molecule has 0 aliphatic carbocycles. The van der Waals surface area contributed by atoms with Crippen molar-refractivity contribution in [1.82, 2.24) is 25.2 Å². The van der Waals surface area contributed by atoms with Gasteiger partial charge in [0.05, 0.1) is 15.7 Å². The zero-order valence-corrected chi connectivity index (χ0v) is 12.5. The highest BCUT2D eigenvalue weighted by Crippen LogP contribution is 2.23. The molecule has 7 nitrogen and oxygen atoms in total. The summed E-state index contributed by atoms with van der Waals surface area (Å²) in [7, 11) is 0. The van der Waals surface area contributed by atoms with Gasteiger partial charge in [0.15, 0.2) is 0 Å². The van der Waals surface area contributed by atoms with Gasteiger partial charge in [-0.3, -0.25) is 4.79 Å². The van der Waals surface area contributed by atoms with Crippen molar-refractivity contribution in [1.29, 1.82) is 0 Å². The van der Waals surface area contributed by atoms with E-state index in [0.717, 1.165) is 0 Å². The molecule has 2 aromatic heterocycles. The van der Waals surface area contributed by atoms with E-state index in [2.05, 4.69) is 25.8 Å². The number of hydrogen-bond donors (Lipinski definition) is 1. The van der Waals surface area contributed by atoms with Crippen LogP contribution >= 0.6 is 23.2 Å². The van der Waals surface area contributed by atoms with E-state index in [-0.39, 0.29) is 5.91 Å². The molecule has 3 rings (SSSR count). The van der Waals surface area contributed by atoms with E-state index in [9.17, 15) is 4.79 Å². The number of hydrogen-bond acceptors (Lipinski definition) is 5. The lowest BCUT2D eigenvalue weighted by Crippen LogP contribution is -2.13. The second kappa shape index (κ2) is 6.08. The minimum atomic E-state index is -0.333. The van der Waals surface area contributed by atoms with E-state index in [1.807, 2.05) is 0 Å². The molecule has 0 atom stereocenters. The minimum Gasteiger partial charge on any atom is -0.307 e. The van der Waals surface area contributed by atoms with Gasteiger partial charge in [-0.2, -0.15) is 0 Å². The highest BCUT2D eigenvalue weighted by Gasteiger charge is 2.10. The molecule has 0 saturated carbocycles. The fraction of sp³-hybridized carbons (Fsp3) is 0. The number of nitrogens with one attached hydrogen (secondary N) is 1. The minimum absolute atomic E-state index is 0.312. The Bertz CT molecular complexity index is 821. The molecule has 0 radical (unpaired) electrons. The molecule has 9 heteroatoms. The highest BCUT2D eigenvalue weighted by molar-refractivity contribution is 6.42. The molecule has 0 unspecified atom stereocenters. The average molecular weight is 335 g/mol. The molecule has 0 aliphatic heterocycles. The van der Waals surface area contributed by atoms with E-state index in [0.29, 0.717) is 27.1 Å². The number of halogens is 2. The van der Waals surface area contributed by atoms with E-state index in [1.54, 1.807) is 24.3 Å². The molecule has 0 saturated heterocycles. The third-order valence-corrected chi connectivity index (χ3v) is 3.48. The maximum absolute atomic E-state index is 12.2. The SMILES string of the molecule is O=C(Nc1cc(Cl)c(Cl)cn1)c1cccc(-n2cnnn2)c1. The summed E-state index contributed by atoms with van der Waals surface area (Å²) < 4.78 is 1.45.